The largest absolute Gasteiger partial charge is 0.478 e. The zero-order valence-electron chi connectivity index (χ0n) is 10.2. The van der Waals surface area contributed by atoms with Crippen LogP contribution in [-0.2, 0) is 0 Å². The smallest absolute Gasteiger partial charge is 0.337 e. The molecule has 1 rings (SSSR count). The molecule has 18 heavy (non-hydrogen) atoms. The van der Waals surface area contributed by atoms with Crippen LogP contribution in [0.15, 0.2) is 12.1 Å². The lowest BCUT2D eigenvalue weighted by molar-refractivity contribution is 0.0698. The number of benzene rings is 1. The molecule has 0 spiro atoms. The molecule has 0 aliphatic rings. The van der Waals surface area contributed by atoms with Crippen molar-refractivity contribution in [2.45, 2.75) is 12.8 Å². The number of rotatable bonds is 7. The third kappa shape index (κ3) is 4.10. The summed E-state index contributed by atoms with van der Waals surface area (Å²) in [6.07, 6.45) is 3.98. The molecule has 0 unspecified atom stereocenters. The summed E-state index contributed by atoms with van der Waals surface area (Å²) in [5, 5.41) is 11.8. The van der Waals surface area contributed by atoms with Crippen LogP contribution in [0.2, 0.25) is 0 Å². The fourth-order valence-electron chi connectivity index (χ4n) is 1.50. The number of aromatic carboxylic acids is 1. The van der Waals surface area contributed by atoms with E-state index in [1.807, 2.05) is 6.26 Å². The van der Waals surface area contributed by atoms with Gasteiger partial charge in [-0.1, -0.05) is 0 Å². The second-order valence-corrected chi connectivity index (χ2v) is 4.84. The highest BCUT2D eigenvalue weighted by atomic mass is 32.2. The molecule has 4 nitrogen and oxygen atoms in total. The van der Waals surface area contributed by atoms with Gasteiger partial charge in [-0.2, -0.15) is 11.8 Å². The van der Waals surface area contributed by atoms with E-state index in [1.165, 1.54) is 6.07 Å². The van der Waals surface area contributed by atoms with Crippen LogP contribution in [0.4, 0.5) is 15.8 Å². The van der Waals surface area contributed by atoms with Crippen molar-refractivity contribution >= 4 is 29.1 Å². The van der Waals surface area contributed by atoms with Gasteiger partial charge in [0.2, 0.25) is 0 Å². The average Bonchev–Trinajstić information content (AvgIpc) is 2.30. The number of carbonyl (C=O) groups is 1. The third-order valence-corrected chi connectivity index (χ3v) is 3.16. The summed E-state index contributed by atoms with van der Waals surface area (Å²) in [6.45, 7) is 0.612. The van der Waals surface area contributed by atoms with Gasteiger partial charge >= 0.3 is 5.97 Å². The first-order chi connectivity index (χ1) is 8.56. The number of nitrogens with two attached hydrogens (primary N) is 1. The predicted octanol–water partition coefficient (Wildman–Crippen LogP) is 2.66. The third-order valence-electron chi connectivity index (χ3n) is 2.46. The van der Waals surface area contributed by atoms with Crippen LogP contribution in [0.25, 0.3) is 0 Å². The lowest BCUT2D eigenvalue weighted by atomic mass is 10.1. The van der Waals surface area contributed by atoms with Gasteiger partial charge in [0.25, 0.3) is 0 Å². The molecule has 0 bridgehead atoms. The fourth-order valence-corrected chi connectivity index (χ4v) is 2.00. The van der Waals surface area contributed by atoms with Gasteiger partial charge in [-0.25, -0.2) is 9.18 Å². The van der Waals surface area contributed by atoms with Gasteiger partial charge in [0.05, 0.1) is 11.3 Å². The molecule has 1 aromatic rings. The molecule has 4 N–H and O–H groups in total. The van der Waals surface area contributed by atoms with Crippen LogP contribution < -0.4 is 11.1 Å². The van der Waals surface area contributed by atoms with Crippen LogP contribution in [0.5, 0.6) is 0 Å². The van der Waals surface area contributed by atoms with Crippen molar-refractivity contribution < 1.29 is 14.3 Å². The van der Waals surface area contributed by atoms with E-state index in [1.54, 1.807) is 11.8 Å². The molecule has 100 valence electrons. The first-order valence-corrected chi connectivity index (χ1v) is 7.00. The number of thioether (sulfide) groups is 1. The quantitative estimate of drug-likeness (QED) is 0.525. The first kappa shape index (κ1) is 14.6. The summed E-state index contributed by atoms with van der Waals surface area (Å²) in [6, 6.07) is 2.27. The number of carboxylic acids is 1. The molecule has 0 amide bonds. The van der Waals surface area contributed by atoms with E-state index in [9.17, 15) is 9.18 Å². The second-order valence-electron chi connectivity index (χ2n) is 3.85. The molecule has 0 saturated heterocycles. The number of nitrogen functional groups attached to an aromatic ring is 1. The number of nitrogens with one attached hydrogen (secondary N) is 1. The Labute approximate surface area is 110 Å². The van der Waals surface area contributed by atoms with E-state index < -0.39 is 11.8 Å². The zero-order valence-corrected chi connectivity index (χ0v) is 11.0. The van der Waals surface area contributed by atoms with Gasteiger partial charge in [0.1, 0.15) is 5.82 Å². The van der Waals surface area contributed by atoms with Gasteiger partial charge in [-0.3, -0.25) is 0 Å². The molecule has 0 heterocycles. The van der Waals surface area contributed by atoms with Crippen molar-refractivity contribution in [2.24, 2.45) is 0 Å². The first-order valence-electron chi connectivity index (χ1n) is 5.61. The molecule has 0 aliphatic carbocycles. The SMILES string of the molecule is CSCCCCNc1cc(C(=O)O)c(N)cc1F. The molecule has 6 heteroatoms. The van der Waals surface area contributed by atoms with E-state index in [4.69, 9.17) is 10.8 Å². The number of unbranched alkanes of at least 4 members (excludes halogenated alkanes) is 1. The van der Waals surface area contributed by atoms with E-state index >= 15 is 0 Å². The number of anilines is 2. The van der Waals surface area contributed by atoms with Crippen molar-refractivity contribution in [2.75, 3.05) is 29.6 Å². The van der Waals surface area contributed by atoms with E-state index in [0.29, 0.717) is 6.54 Å². The normalized spacial score (nSPS) is 10.3. The standard InChI is InChI=1S/C12H17FN2O2S/c1-18-5-3-2-4-15-11-6-8(12(16)17)10(14)7-9(11)13/h6-7,15H,2-5,14H2,1H3,(H,16,17). The Morgan fingerprint density at radius 2 is 2.22 bits per heavy atom. The highest BCUT2D eigenvalue weighted by molar-refractivity contribution is 7.98. The van der Waals surface area contributed by atoms with Crippen LogP contribution >= 0.6 is 11.8 Å². The minimum Gasteiger partial charge on any atom is -0.478 e. The van der Waals surface area contributed by atoms with Crippen LogP contribution in [0, 0.1) is 5.82 Å². The monoisotopic (exact) mass is 272 g/mol. The van der Waals surface area contributed by atoms with Gasteiger partial charge in [-0.15, -0.1) is 0 Å². The van der Waals surface area contributed by atoms with Crippen molar-refractivity contribution in [1.29, 1.82) is 0 Å². The molecular formula is C12H17FN2O2S. The summed E-state index contributed by atoms with van der Waals surface area (Å²) in [7, 11) is 0. The summed E-state index contributed by atoms with van der Waals surface area (Å²) in [5.41, 5.74) is 5.48. The van der Waals surface area contributed by atoms with Crippen molar-refractivity contribution in [3.63, 3.8) is 0 Å². The van der Waals surface area contributed by atoms with Crippen LogP contribution in [-0.4, -0.2) is 29.6 Å². The Bertz CT molecular complexity index is 427. The van der Waals surface area contributed by atoms with E-state index in [2.05, 4.69) is 5.32 Å². The lowest BCUT2D eigenvalue weighted by Gasteiger charge is -2.10. The number of halogens is 1. The maximum Gasteiger partial charge on any atom is 0.337 e. The number of hydrogen-bond acceptors (Lipinski definition) is 4. The minimum absolute atomic E-state index is 0.0621. The highest BCUT2D eigenvalue weighted by Gasteiger charge is 2.12. The Hall–Kier alpha value is -1.43. The number of carboxylic acid groups (broad SMARTS) is 1. The Morgan fingerprint density at radius 1 is 1.50 bits per heavy atom. The molecule has 0 atom stereocenters. The molecule has 1 aromatic carbocycles. The van der Waals surface area contributed by atoms with Crippen LogP contribution in [0.1, 0.15) is 23.2 Å². The summed E-state index contributed by atoms with van der Waals surface area (Å²) < 4.78 is 13.5. The highest BCUT2D eigenvalue weighted by Crippen LogP contribution is 2.22. The van der Waals surface area contributed by atoms with Gasteiger partial charge in [-0.05, 0) is 37.0 Å². The summed E-state index contributed by atoms with van der Waals surface area (Å²) in [5.74, 6) is -0.618. The minimum atomic E-state index is -1.15. The van der Waals surface area contributed by atoms with Gasteiger partial charge in [0, 0.05) is 12.2 Å². The van der Waals surface area contributed by atoms with E-state index in [0.717, 1.165) is 24.7 Å². The Balaban J connectivity index is 2.65. The molecular weight excluding hydrogens is 255 g/mol. The van der Waals surface area contributed by atoms with Crippen molar-refractivity contribution in [3.05, 3.63) is 23.5 Å². The maximum atomic E-state index is 13.5. The van der Waals surface area contributed by atoms with Crippen molar-refractivity contribution in [1.82, 2.24) is 0 Å². The maximum absolute atomic E-state index is 13.5. The molecule has 0 aliphatic heterocycles. The summed E-state index contributed by atoms with van der Waals surface area (Å²) >= 11 is 1.76. The summed E-state index contributed by atoms with van der Waals surface area (Å²) in [4.78, 5) is 10.9. The Morgan fingerprint density at radius 3 is 2.83 bits per heavy atom. The lowest BCUT2D eigenvalue weighted by Crippen LogP contribution is -2.08. The topological polar surface area (TPSA) is 75.3 Å². The fraction of sp³-hybridized carbons (Fsp3) is 0.417. The molecule has 0 radical (unpaired) electrons. The van der Waals surface area contributed by atoms with Gasteiger partial charge < -0.3 is 16.2 Å². The van der Waals surface area contributed by atoms with E-state index in [-0.39, 0.29) is 16.9 Å². The van der Waals surface area contributed by atoms with Gasteiger partial charge in [0.15, 0.2) is 0 Å². The molecule has 0 aromatic heterocycles. The second kappa shape index (κ2) is 7.10. The molecule has 0 saturated carbocycles. The average molecular weight is 272 g/mol. The molecule has 0 fully saturated rings. The predicted molar refractivity (Wildman–Crippen MR) is 73.9 cm³/mol. The number of hydrogen-bond donors (Lipinski definition) is 3. The Kier molecular flexibility index (Phi) is 5.77. The van der Waals surface area contributed by atoms with Crippen molar-refractivity contribution in [3.8, 4) is 0 Å². The van der Waals surface area contributed by atoms with Crippen LogP contribution in [0.3, 0.4) is 0 Å². The zero-order chi connectivity index (χ0) is 13.5.